The predicted molar refractivity (Wildman–Crippen MR) is 64.8 cm³/mol. The third-order valence-electron chi connectivity index (χ3n) is 2.41. The Morgan fingerprint density at radius 1 is 1.50 bits per heavy atom. The molecule has 0 amide bonds. The second-order valence-electron chi connectivity index (χ2n) is 3.71. The van der Waals surface area contributed by atoms with Crippen LogP contribution in [0, 0.1) is 6.92 Å². The van der Waals surface area contributed by atoms with Gasteiger partial charge >= 0.3 is 5.97 Å². The average molecular weight is 247 g/mol. The van der Waals surface area contributed by atoms with Crippen LogP contribution in [0.4, 0.5) is 5.69 Å². The predicted octanol–water partition coefficient (Wildman–Crippen LogP) is 1.80. The van der Waals surface area contributed by atoms with E-state index in [0.717, 1.165) is 5.56 Å². The number of hydrogen-bond donors (Lipinski definition) is 1. The van der Waals surface area contributed by atoms with E-state index in [2.05, 4.69) is 10.1 Å². The van der Waals surface area contributed by atoms with Gasteiger partial charge in [0.2, 0.25) is 0 Å². The summed E-state index contributed by atoms with van der Waals surface area (Å²) in [5, 5.41) is 3.56. The molecule has 1 aromatic heterocycles. The third-order valence-corrected chi connectivity index (χ3v) is 2.41. The molecule has 0 atom stereocenters. The van der Waals surface area contributed by atoms with Crippen LogP contribution in [0.15, 0.2) is 22.7 Å². The van der Waals surface area contributed by atoms with Crippen LogP contribution in [0.2, 0.25) is 0 Å². The third kappa shape index (κ3) is 2.32. The van der Waals surface area contributed by atoms with Crippen LogP contribution in [-0.2, 0) is 4.74 Å². The second kappa shape index (κ2) is 4.87. The number of rotatable bonds is 3. The fraction of sp³-hybridized carbons (Fsp3) is 0.250. The number of esters is 1. The zero-order chi connectivity index (χ0) is 13.1. The molecule has 0 saturated carbocycles. The van der Waals surface area contributed by atoms with Crippen LogP contribution in [0.5, 0.6) is 0 Å². The molecule has 0 fully saturated rings. The number of hydrogen-bond acceptors (Lipinski definition) is 6. The van der Waals surface area contributed by atoms with Crippen molar-refractivity contribution < 1.29 is 14.1 Å². The number of nitrogen functional groups attached to an aromatic ring is 1. The first-order chi connectivity index (χ1) is 8.61. The lowest BCUT2D eigenvalue weighted by Crippen LogP contribution is -2.06. The molecular weight excluding hydrogens is 234 g/mol. The Balaban J connectivity index is 2.29. The van der Waals surface area contributed by atoms with Crippen molar-refractivity contribution in [3.05, 3.63) is 29.6 Å². The molecule has 0 unspecified atom stereocenters. The van der Waals surface area contributed by atoms with E-state index in [4.69, 9.17) is 15.0 Å². The summed E-state index contributed by atoms with van der Waals surface area (Å²) in [6.07, 6.45) is 0. The Morgan fingerprint density at radius 3 is 2.94 bits per heavy atom. The first kappa shape index (κ1) is 12.1. The normalized spacial score (nSPS) is 10.3. The molecule has 6 nitrogen and oxygen atoms in total. The highest BCUT2D eigenvalue weighted by Gasteiger charge is 2.16. The van der Waals surface area contributed by atoms with Gasteiger partial charge < -0.3 is 15.0 Å². The molecule has 18 heavy (non-hydrogen) atoms. The topological polar surface area (TPSA) is 91.2 Å². The number of ether oxygens (including phenoxy) is 1. The molecule has 0 aliphatic carbocycles. The molecule has 6 heteroatoms. The smallest absolute Gasteiger partial charge is 0.379 e. The summed E-state index contributed by atoms with van der Waals surface area (Å²) >= 11 is 0. The van der Waals surface area contributed by atoms with Gasteiger partial charge in [0.25, 0.3) is 11.7 Å². The number of anilines is 1. The largest absolute Gasteiger partial charge is 0.460 e. The summed E-state index contributed by atoms with van der Waals surface area (Å²) in [5.41, 5.74) is 8.05. The molecule has 94 valence electrons. The molecule has 0 saturated heterocycles. The monoisotopic (exact) mass is 247 g/mol. The van der Waals surface area contributed by atoms with Crippen LogP contribution in [0.3, 0.4) is 0 Å². The van der Waals surface area contributed by atoms with Crippen molar-refractivity contribution in [3.8, 4) is 11.5 Å². The highest BCUT2D eigenvalue weighted by atomic mass is 16.5. The fourth-order valence-corrected chi connectivity index (χ4v) is 1.39. The van der Waals surface area contributed by atoms with E-state index in [-0.39, 0.29) is 18.3 Å². The molecule has 0 radical (unpaired) electrons. The Bertz CT molecular complexity index is 578. The van der Waals surface area contributed by atoms with Crippen LogP contribution < -0.4 is 5.73 Å². The van der Waals surface area contributed by atoms with Gasteiger partial charge in [0, 0.05) is 11.3 Å². The van der Waals surface area contributed by atoms with Crippen LogP contribution in [0.25, 0.3) is 11.5 Å². The average Bonchev–Trinajstić information content (AvgIpc) is 2.82. The van der Waals surface area contributed by atoms with Gasteiger partial charge in [0.1, 0.15) is 0 Å². The quantitative estimate of drug-likeness (QED) is 0.656. The molecule has 0 bridgehead atoms. The summed E-state index contributed by atoms with van der Waals surface area (Å²) in [6, 6.07) is 5.37. The number of carbonyl (C=O) groups excluding carboxylic acids is 1. The maximum absolute atomic E-state index is 11.4. The number of aromatic nitrogens is 2. The number of benzene rings is 1. The molecule has 0 aliphatic heterocycles. The van der Waals surface area contributed by atoms with Gasteiger partial charge in [-0.15, -0.1) is 0 Å². The lowest BCUT2D eigenvalue weighted by Gasteiger charge is -2.00. The Hall–Kier alpha value is -2.37. The lowest BCUT2D eigenvalue weighted by atomic mass is 10.1. The molecular formula is C12H13N3O3. The van der Waals surface area contributed by atoms with Crippen molar-refractivity contribution in [1.82, 2.24) is 10.1 Å². The first-order valence-corrected chi connectivity index (χ1v) is 5.49. The Morgan fingerprint density at radius 2 is 2.28 bits per heavy atom. The van der Waals surface area contributed by atoms with Gasteiger partial charge in [-0.05, 0) is 36.7 Å². The summed E-state index contributed by atoms with van der Waals surface area (Å²) in [7, 11) is 0. The molecule has 2 rings (SSSR count). The minimum absolute atomic E-state index is 0.0917. The van der Waals surface area contributed by atoms with Crippen molar-refractivity contribution in [3.63, 3.8) is 0 Å². The molecule has 0 aliphatic rings. The van der Waals surface area contributed by atoms with Crippen LogP contribution >= 0.6 is 0 Å². The molecule has 2 aromatic rings. The van der Waals surface area contributed by atoms with E-state index in [1.54, 1.807) is 19.1 Å². The molecule has 1 aromatic carbocycles. The standard InChI is InChI=1S/C12H13N3O3/c1-3-17-12(16)10-14-11(18-15-10)8-5-4-7(2)9(13)6-8/h4-6H,3,13H2,1-2H3. The maximum atomic E-state index is 11.4. The fourth-order valence-electron chi connectivity index (χ4n) is 1.39. The van der Waals surface area contributed by atoms with Crippen LogP contribution in [-0.4, -0.2) is 22.7 Å². The number of carbonyl (C=O) groups is 1. The van der Waals surface area contributed by atoms with Crippen molar-refractivity contribution >= 4 is 11.7 Å². The van der Waals surface area contributed by atoms with E-state index in [1.165, 1.54) is 0 Å². The van der Waals surface area contributed by atoms with Crippen molar-refractivity contribution in [2.24, 2.45) is 0 Å². The minimum Gasteiger partial charge on any atom is -0.460 e. The van der Waals surface area contributed by atoms with Gasteiger partial charge in [-0.3, -0.25) is 0 Å². The van der Waals surface area contributed by atoms with Gasteiger partial charge in [-0.25, -0.2) is 4.79 Å². The van der Waals surface area contributed by atoms with E-state index in [9.17, 15) is 4.79 Å². The zero-order valence-electron chi connectivity index (χ0n) is 10.1. The van der Waals surface area contributed by atoms with Gasteiger partial charge in [-0.1, -0.05) is 6.07 Å². The second-order valence-corrected chi connectivity index (χ2v) is 3.71. The Kier molecular flexibility index (Phi) is 3.27. The first-order valence-electron chi connectivity index (χ1n) is 5.49. The molecule has 0 spiro atoms. The zero-order valence-corrected chi connectivity index (χ0v) is 10.1. The van der Waals surface area contributed by atoms with Crippen molar-refractivity contribution in [2.45, 2.75) is 13.8 Å². The SMILES string of the molecule is CCOC(=O)c1noc(-c2ccc(C)c(N)c2)n1. The van der Waals surface area contributed by atoms with Gasteiger partial charge in [0.05, 0.1) is 6.61 Å². The summed E-state index contributed by atoms with van der Waals surface area (Å²) in [4.78, 5) is 15.3. The van der Waals surface area contributed by atoms with Gasteiger partial charge in [0.15, 0.2) is 0 Å². The number of nitrogens with zero attached hydrogens (tertiary/aromatic N) is 2. The maximum Gasteiger partial charge on any atom is 0.379 e. The highest BCUT2D eigenvalue weighted by Crippen LogP contribution is 2.22. The lowest BCUT2D eigenvalue weighted by molar-refractivity contribution is 0.0508. The van der Waals surface area contributed by atoms with Gasteiger partial charge in [-0.2, -0.15) is 4.98 Å². The van der Waals surface area contributed by atoms with Crippen molar-refractivity contribution in [2.75, 3.05) is 12.3 Å². The van der Waals surface area contributed by atoms with E-state index in [0.29, 0.717) is 11.3 Å². The Labute approximate surface area is 104 Å². The van der Waals surface area contributed by atoms with Crippen molar-refractivity contribution in [1.29, 1.82) is 0 Å². The summed E-state index contributed by atoms with van der Waals surface area (Å²) in [6.45, 7) is 3.87. The highest BCUT2D eigenvalue weighted by molar-refractivity contribution is 5.85. The molecule has 2 N–H and O–H groups in total. The van der Waals surface area contributed by atoms with E-state index in [1.807, 2.05) is 13.0 Å². The van der Waals surface area contributed by atoms with E-state index < -0.39 is 5.97 Å². The van der Waals surface area contributed by atoms with E-state index >= 15 is 0 Å². The number of nitrogens with two attached hydrogens (primary N) is 1. The summed E-state index contributed by atoms with van der Waals surface area (Å²) < 4.78 is 9.77. The molecule has 1 heterocycles. The minimum atomic E-state index is -0.604. The summed E-state index contributed by atoms with van der Waals surface area (Å²) in [5.74, 6) is -0.455. The van der Waals surface area contributed by atoms with Crippen LogP contribution in [0.1, 0.15) is 23.1 Å². The number of aryl methyl sites for hydroxylation is 1.